The van der Waals surface area contributed by atoms with E-state index in [2.05, 4.69) is 6.58 Å². The topological polar surface area (TPSA) is 29.5 Å². The summed E-state index contributed by atoms with van der Waals surface area (Å²) >= 11 is 0. The van der Waals surface area contributed by atoms with Gasteiger partial charge in [0.25, 0.3) is 0 Å². The van der Waals surface area contributed by atoms with Gasteiger partial charge in [-0.25, -0.2) is 4.39 Å². The van der Waals surface area contributed by atoms with Gasteiger partial charge in [0.2, 0.25) is 5.91 Å². The van der Waals surface area contributed by atoms with Crippen LogP contribution in [0.3, 0.4) is 0 Å². The average Bonchev–Trinajstić information content (AvgIpc) is 3.04. The fraction of sp³-hybridized carbons (Fsp3) is 0.471. The predicted octanol–water partition coefficient (Wildman–Crippen LogP) is 2.56. The van der Waals surface area contributed by atoms with Gasteiger partial charge in [0.05, 0.1) is 25.2 Å². The van der Waals surface area contributed by atoms with Crippen LogP contribution in [-0.4, -0.2) is 36.1 Å². The molecule has 0 radical (unpaired) electrons. The highest BCUT2D eigenvalue weighted by Gasteiger charge is 2.49. The van der Waals surface area contributed by atoms with Crippen molar-refractivity contribution in [1.29, 1.82) is 0 Å². The summed E-state index contributed by atoms with van der Waals surface area (Å²) in [5.74, 6) is 0.289. The van der Waals surface area contributed by atoms with Gasteiger partial charge in [0.15, 0.2) is 0 Å². The highest BCUT2D eigenvalue weighted by molar-refractivity contribution is 5.79. The van der Waals surface area contributed by atoms with Crippen molar-refractivity contribution >= 4 is 5.91 Å². The molecular weight excluding hydrogens is 269 g/mol. The molecule has 4 heteroatoms. The molecule has 0 aromatic heterocycles. The second kappa shape index (κ2) is 5.98. The molecule has 1 aromatic rings. The lowest BCUT2D eigenvalue weighted by Crippen LogP contribution is -2.40. The number of rotatable bonds is 5. The second-order valence-electron chi connectivity index (χ2n) is 5.84. The summed E-state index contributed by atoms with van der Waals surface area (Å²) in [5, 5.41) is 0. The first-order valence-corrected chi connectivity index (χ1v) is 7.45. The highest BCUT2D eigenvalue weighted by Crippen LogP contribution is 2.40. The molecule has 2 bridgehead atoms. The maximum atomic E-state index is 12.9. The summed E-state index contributed by atoms with van der Waals surface area (Å²) in [6.07, 6.45) is 4.38. The molecular formula is C17H20FNO2. The Morgan fingerprint density at radius 2 is 2.14 bits per heavy atom. The number of fused-ring (bicyclic) bond motifs is 2. The van der Waals surface area contributed by atoms with Crippen LogP contribution < -0.4 is 0 Å². The lowest BCUT2D eigenvalue weighted by molar-refractivity contribution is -0.132. The van der Waals surface area contributed by atoms with Crippen LogP contribution in [0.2, 0.25) is 0 Å². The van der Waals surface area contributed by atoms with E-state index in [0.29, 0.717) is 18.9 Å². The molecule has 1 aliphatic heterocycles. The molecule has 3 atom stereocenters. The van der Waals surface area contributed by atoms with E-state index in [1.165, 1.54) is 12.1 Å². The number of likely N-dealkylation sites (tertiary alicyclic amines) is 1. The number of ether oxygens (including phenoxy) is 1. The Kier molecular flexibility index (Phi) is 4.06. The van der Waals surface area contributed by atoms with Crippen LogP contribution in [0.5, 0.6) is 0 Å². The van der Waals surface area contributed by atoms with E-state index in [1.54, 1.807) is 18.2 Å². The second-order valence-corrected chi connectivity index (χ2v) is 5.84. The first-order valence-electron chi connectivity index (χ1n) is 7.45. The number of hydrogen-bond donors (Lipinski definition) is 0. The number of amides is 1. The smallest absolute Gasteiger partial charge is 0.227 e. The third kappa shape index (κ3) is 2.86. The normalized spacial score (nSPS) is 27.1. The van der Waals surface area contributed by atoms with Crippen molar-refractivity contribution in [3.63, 3.8) is 0 Å². The van der Waals surface area contributed by atoms with Gasteiger partial charge in [0, 0.05) is 12.5 Å². The Morgan fingerprint density at radius 1 is 1.38 bits per heavy atom. The maximum absolute atomic E-state index is 12.9. The molecule has 21 heavy (non-hydrogen) atoms. The third-order valence-electron chi connectivity index (χ3n) is 4.50. The highest BCUT2D eigenvalue weighted by atomic mass is 19.1. The van der Waals surface area contributed by atoms with Crippen molar-refractivity contribution in [2.45, 2.75) is 31.4 Å². The monoisotopic (exact) mass is 289 g/mol. The number of carbonyl (C=O) groups excluding carboxylic acids is 1. The van der Waals surface area contributed by atoms with E-state index in [1.807, 2.05) is 4.90 Å². The van der Waals surface area contributed by atoms with Gasteiger partial charge in [-0.3, -0.25) is 4.79 Å². The molecule has 1 saturated heterocycles. The minimum atomic E-state index is -0.274. The maximum Gasteiger partial charge on any atom is 0.227 e. The zero-order valence-electron chi connectivity index (χ0n) is 12.0. The standard InChI is InChI=1S/C17H20FNO2/c1-2-9-21-17-13-5-8-15(17)19(11-13)16(20)10-12-3-6-14(18)7-4-12/h2-4,6-7,13,15,17H,1,5,8-11H2. The molecule has 112 valence electrons. The van der Waals surface area contributed by atoms with E-state index in [9.17, 15) is 9.18 Å². The Hall–Kier alpha value is -1.68. The minimum Gasteiger partial charge on any atom is -0.372 e. The zero-order chi connectivity index (χ0) is 14.8. The summed E-state index contributed by atoms with van der Waals surface area (Å²) in [6.45, 7) is 5.00. The van der Waals surface area contributed by atoms with Crippen LogP contribution in [-0.2, 0) is 16.0 Å². The molecule has 1 aromatic carbocycles. The van der Waals surface area contributed by atoms with E-state index in [0.717, 1.165) is 24.9 Å². The molecule has 3 nitrogen and oxygen atoms in total. The van der Waals surface area contributed by atoms with Crippen molar-refractivity contribution in [3.05, 3.63) is 48.3 Å². The van der Waals surface area contributed by atoms with Crippen molar-refractivity contribution in [2.75, 3.05) is 13.2 Å². The molecule has 1 saturated carbocycles. The van der Waals surface area contributed by atoms with Gasteiger partial charge < -0.3 is 9.64 Å². The van der Waals surface area contributed by atoms with Gasteiger partial charge in [-0.05, 0) is 30.5 Å². The number of halogens is 1. The fourth-order valence-corrected chi connectivity index (χ4v) is 3.54. The number of piperidine rings is 1. The van der Waals surface area contributed by atoms with Crippen LogP contribution in [0, 0.1) is 11.7 Å². The number of nitrogens with zero attached hydrogens (tertiary/aromatic N) is 1. The van der Waals surface area contributed by atoms with Crippen molar-refractivity contribution in [1.82, 2.24) is 4.90 Å². The average molecular weight is 289 g/mol. The van der Waals surface area contributed by atoms with Crippen molar-refractivity contribution in [3.8, 4) is 0 Å². The first kappa shape index (κ1) is 14.3. The van der Waals surface area contributed by atoms with Gasteiger partial charge in [-0.2, -0.15) is 0 Å². The summed E-state index contributed by atoms with van der Waals surface area (Å²) in [7, 11) is 0. The lowest BCUT2D eigenvalue weighted by atomic mass is 10.1. The number of carbonyl (C=O) groups is 1. The first-order chi connectivity index (χ1) is 10.2. The molecule has 0 spiro atoms. The predicted molar refractivity (Wildman–Crippen MR) is 78.3 cm³/mol. The zero-order valence-corrected chi connectivity index (χ0v) is 12.0. The van der Waals surface area contributed by atoms with Gasteiger partial charge >= 0.3 is 0 Å². The van der Waals surface area contributed by atoms with Crippen molar-refractivity contribution in [2.24, 2.45) is 5.92 Å². The van der Waals surface area contributed by atoms with Crippen LogP contribution >= 0.6 is 0 Å². The quantitative estimate of drug-likeness (QED) is 0.780. The minimum absolute atomic E-state index is 0.112. The Morgan fingerprint density at radius 3 is 2.86 bits per heavy atom. The van der Waals surface area contributed by atoms with E-state index < -0.39 is 0 Å². The largest absolute Gasteiger partial charge is 0.372 e. The molecule has 1 amide bonds. The Balaban J connectivity index is 1.63. The molecule has 2 fully saturated rings. The molecule has 1 aliphatic carbocycles. The molecule has 3 rings (SSSR count). The summed E-state index contributed by atoms with van der Waals surface area (Å²) in [5.41, 5.74) is 0.854. The van der Waals surface area contributed by atoms with Gasteiger partial charge in [-0.15, -0.1) is 6.58 Å². The van der Waals surface area contributed by atoms with E-state index in [-0.39, 0.29) is 23.9 Å². The van der Waals surface area contributed by atoms with E-state index >= 15 is 0 Å². The SMILES string of the molecule is C=CCOC1C2CCC1N(C(=O)Cc1ccc(F)cc1)C2. The van der Waals surface area contributed by atoms with Crippen LogP contribution in [0.25, 0.3) is 0 Å². The number of benzene rings is 1. The summed E-state index contributed by atoms with van der Waals surface area (Å²) < 4.78 is 18.7. The van der Waals surface area contributed by atoms with Crippen LogP contribution in [0.4, 0.5) is 4.39 Å². The molecule has 1 heterocycles. The Bertz CT molecular complexity index is 528. The van der Waals surface area contributed by atoms with Crippen LogP contribution in [0.15, 0.2) is 36.9 Å². The van der Waals surface area contributed by atoms with Crippen LogP contribution in [0.1, 0.15) is 18.4 Å². The summed E-state index contributed by atoms with van der Waals surface area (Å²) in [4.78, 5) is 14.4. The fourth-order valence-electron chi connectivity index (χ4n) is 3.54. The van der Waals surface area contributed by atoms with Gasteiger partial charge in [0.1, 0.15) is 5.82 Å². The van der Waals surface area contributed by atoms with Crippen molar-refractivity contribution < 1.29 is 13.9 Å². The van der Waals surface area contributed by atoms with Gasteiger partial charge in [-0.1, -0.05) is 18.2 Å². The number of hydrogen-bond acceptors (Lipinski definition) is 2. The lowest BCUT2D eigenvalue weighted by Gasteiger charge is -2.27. The Labute approximate surface area is 124 Å². The van der Waals surface area contributed by atoms with E-state index in [4.69, 9.17) is 4.74 Å². The molecule has 2 aliphatic rings. The molecule has 3 unspecified atom stereocenters. The third-order valence-corrected chi connectivity index (χ3v) is 4.50. The molecule has 0 N–H and O–H groups in total. The summed E-state index contributed by atoms with van der Waals surface area (Å²) in [6, 6.07) is 6.34.